The summed E-state index contributed by atoms with van der Waals surface area (Å²) in [5.41, 5.74) is 11.1. The summed E-state index contributed by atoms with van der Waals surface area (Å²) in [5.74, 6) is -0.509. The van der Waals surface area contributed by atoms with Crippen LogP contribution in [0.5, 0.6) is 0 Å². The molecule has 0 aliphatic carbocycles. The van der Waals surface area contributed by atoms with Crippen LogP contribution in [-0.4, -0.2) is 22.4 Å². The highest BCUT2D eigenvalue weighted by Crippen LogP contribution is 2.21. The van der Waals surface area contributed by atoms with Crippen LogP contribution in [0.25, 0.3) is 0 Å². The van der Waals surface area contributed by atoms with Crippen molar-refractivity contribution < 1.29 is 9.18 Å². The zero-order chi connectivity index (χ0) is 16.7. The lowest BCUT2D eigenvalue weighted by Gasteiger charge is -2.13. The number of nitrogens with two attached hydrogens (primary N) is 1. The number of hydrogen-bond acceptors (Lipinski definition) is 6. The Balaban J connectivity index is 2.02. The number of aromatic nitrogens is 2. The van der Waals surface area contributed by atoms with Gasteiger partial charge in [-0.25, -0.2) is 14.4 Å². The Morgan fingerprint density at radius 3 is 2.74 bits per heavy atom. The Hall–Kier alpha value is -2.90. The average Bonchev–Trinajstić information content (AvgIpc) is 2.55. The first-order chi connectivity index (χ1) is 11.1. The molecule has 0 aliphatic rings. The Labute approximate surface area is 133 Å². The number of halogens is 1. The van der Waals surface area contributed by atoms with Gasteiger partial charge < -0.3 is 11.1 Å². The van der Waals surface area contributed by atoms with Gasteiger partial charge in [0.1, 0.15) is 17.8 Å². The van der Waals surface area contributed by atoms with Crippen molar-refractivity contribution in [3.63, 3.8) is 0 Å². The third-order valence-electron chi connectivity index (χ3n) is 3.12. The van der Waals surface area contributed by atoms with Gasteiger partial charge in [0.05, 0.1) is 5.56 Å². The lowest BCUT2D eigenvalue weighted by molar-refractivity contribution is 0.0958. The molecule has 0 radical (unpaired) electrons. The molecule has 23 heavy (non-hydrogen) atoms. The minimum atomic E-state index is -0.624. The van der Waals surface area contributed by atoms with Gasteiger partial charge in [0.15, 0.2) is 11.6 Å². The number of rotatable bonds is 7. The van der Waals surface area contributed by atoms with Crippen molar-refractivity contribution >= 4 is 23.2 Å². The van der Waals surface area contributed by atoms with E-state index >= 15 is 0 Å². The van der Waals surface area contributed by atoms with E-state index in [4.69, 9.17) is 5.73 Å². The Morgan fingerprint density at radius 1 is 1.26 bits per heavy atom. The van der Waals surface area contributed by atoms with Crippen molar-refractivity contribution in [3.05, 3.63) is 42.0 Å². The molecule has 0 unspecified atom stereocenters. The molecule has 0 saturated carbocycles. The third kappa shape index (κ3) is 4.29. The van der Waals surface area contributed by atoms with Crippen LogP contribution in [0, 0.1) is 5.82 Å². The highest BCUT2D eigenvalue weighted by atomic mass is 19.1. The summed E-state index contributed by atoms with van der Waals surface area (Å²) in [4.78, 5) is 19.9. The van der Waals surface area contributed by atoms with Crippen LogP contribution < -0.4 is 21.9 Å². The largest absolute Gasteiger partial charge is 0.393 e. The van der Waals surface area contributed by atoms with Gasteiger partial charge in [-0.3, -0.25) is 15.6 Å². The average molecular weight is 318 g/mol. The molecule has 1 heterocycles. The van der Waals surface area contributed by atoms with Crippen molar-refractivity contribution in [2.45, 2.75) is 19.8 Å². The maximum atomic E-state index is 13.5. The number of hydrogen-bond donors (Lipinski definition) is 4. The highest BCUT2D eigenvalue weighted by Gasteiger charge is 2.12. The molecule has 0 aliphatic heterocycles. The summed E-state index contributed by atoms with van der Waals surface area (Å²) < 4.78 is 13.5. The van der Waals surface area contributed by atoms with Crippen LogP contribution >= 0.6 is 0 Å². The molecule has 0 bridgehead atoms. The first-order valence-corrected chi connectivity index (χ1v) is 7.28. The third-order valence-corrected chi connectivity index (χ3v) is 3.12. The van der Waals surface area contributed by atoms with Gasteiger partial charge in [-0.1, -0.05) is 25.5 Å². The highest BCUT2D eigenvalue weighted by molar-refractivity contribution is 5.95. The quantitative estimate of drug-likeness (QED) is 0.460. The predicted molar refractivity (Wildman–Crippen MR) is 87.3 cm³/mol. The molecule has 0 spiro atoms. The van der Waals surface area contributed by atoms with Gasteiger partial charge >= 0.3 is 0 Å². The molecule has 0 fully saturated rings. The first kappa shape index (κ1) is 16.5. The second-order valence-electron chi connectivity index (χ2n) is 4.82. The first-order valence-electron chi connectivity index (χ1n) is 7.28. The number of hydrazine groups is 1. The molecule has 122 valence electrons. The minimum Gasteiger partial charge on any atom is -0.393 e. The van der Waals surface area contributed by atoms with Crippen molar-refractivity contribution in [2.24, 2.45) is 0 Å². The summed E-state index contributed by atoms with van der Waals surface area (Å²) >= 11 is 0. The molecule has 0 saturated heterocycles. The second kappa shape index (κ2) is 7.92. The van der Waals surface area contributed by atoms with E-state index in [1.807, 2.05) is 0 Å². The van der Waals surface area contributed by atoms with Gasteiger partial charge in [-0.15, -0.1) is 0 Å². The summed E-state index contributed by atoms with van der Waals surface area (Å²) in [5, 5.41) is 3.09. The standard InChI is InChI=1S/C15H19FN6O/c1-2-3-8-18-13-12(17)14(20-9-19-13)21-22-15(23)10-6-4-5-7-11(10)16/h4-7,9H,2-3,8,17H2,1H3,(H,22,23)(H2,18,19,20,21). The number of nitrogens with one attached hydrogen (secondary N) is 3. The van der Waals surface area contributed by atoms with E-state index < -0.39 is 11.7 Å². The summed E-state index contributed by atoms with van der Waals surface area (Å²) in [6, 6.07) is 5.68. The van der Waals surface area contributed by atoms with E-state index in [2.05, 4.69) is 33.1 Å². The van der Waals surface area contributed by atoms with Crippen LogP contribution in [0.2, 0.25) is 0 Å². The van der Waals surface area contributed by atoms with Crippen LogP contribution in [0.4, 0.5) is 21.7 Å². The summed E-state index contributed by atoms with van der Waals surface area (Å²) in [6.07, 6.45) is 3.35. The van der Waals surface area contributed by atoms with E-state index in [9.17, 15) is 9.18 Å². The maximum absolute atomic E-state index is 13.5. The van der Waals surface area contributed by atoms with Gasteiger partial charge in [0.2, 0.25) is 0 Å². The molecule has 2 rings (SSSR count). The molecule has 5 N–H and O–H groups in total. The Kier molecular flexibility index (Phi) is 5.67. The van der Waals surface area contributed by atoms with E-state index in [1.165, 1.54) is 24.5 Å². The van der Waals surface area contributed by atoms with E-state index in [0.717, 1.165) is 19.4 Å². The summed E-state index contributed by atoms with van der Waals surface area (Å²) in [7, 11) is 0. The molecule has 2 aromatic rings. The van der Waals surface area contributed by atoms with Crippen LogP contribution in [0.3, 0.4) is 0 Å². The Morgan fingerprint density at radius 2 is 2.00 bits per heavy atom. The molecule has 8 heteroatoms. The van der Waals surface area contributed by atoms with Gasteiger partial charge in [-0.05, 0) is 18.6 Å². The number of anilines is 3. The molecule has 1 amide bonds. The van der Waals surface area contributed by atoms with Crippen LogP contribution in [-0.2, 0) is 0 Å². The number of carbonyl (C=O) groups is 1. The molecule has 1 aromatic heterocycles. The van der Waals surface area contributed by atoms with Gasteiger partial charge in [0.25, 0.3) is 5.91 Å². The van der Waals surface area contributed by atoms with Crippen molar-refractivity contribution in [1.29, 1.82) is 0 Å². The second-order valence-corrected chi connectivity index (χ2v) is 4.82. The van der Waals surface area contributed by atoms with E-state index in [0.29, 0.717) is 5.82 Å². The SMILES string of the molecule is CCCCNc1ncnc(NNC(=O)c2ccccc2F)c1N. The lowest BCUT2D eigenvalue weighted by atomic mass is 10.2. The number of carbonyl (C=O) groups excluding carboxylic acids is 1. The molecular weight excluding hydrogens is 299 g/mol. The molecule has 7 nitrogen and oxygen atoms in total. The molecular formula is C15H19FN6O. The minimum absolute atomic E-state index is 0.0751. The number of nitrogen functional groups attached to an aromatic ring is 1. The van der Waals surface area contributed by atoms with Gasteiger partial charge in [-0.2, -0.15) is 0 Å². The zero-order valence-corrected chi connectivity index (χ0v) is 12.8. The van der Waals surface area contributed by atoms with Gasteiger partial charge in [0, 0.05) is 6.54 Å². The number of nitrogens with zero attached hydrogens (tertiary/aromatic N) is 2. The molecule has 0 atom stereocenters. The van der Waals surface area contributed by atoms with Crippen molar-refractivity contribution in [1.82, 2.24) is 15.4 Å². The lowest BCUT2D eigenvalue weighted by Crippen LogP contribution is -2.31. The van der Waals surface area contributed by atoms with Crippen LogP contribution in [0.1, 0.15) is 30.1 Å². The smallest absolute Gasteiger partial charge is 0.272 e. The Bertz CT molecular complexity index is 679. The van der Waals surface area contributed by atoms with E-state index in [-0.39, 0.29) is 17.1 Å². The fourth-order valence-electron chi connectivity index (χ4n) is 1.85. The number of benzene rings is 1. The van der Waals surface area contributed by atoms with E-state index in [1.54, 1.807) is 6.07 Å². The topological polar surface area (TPSA) is 105 Å². The summed E-state index contributed by atoms with van der Waals surface area (Å²) in [6.45, 7) is 2.81. The normalized spacial score (nSPS) is 10.2. The van der Waals surface area contributed by atoms with Crippen LogP contribution in [0.15, 0.2) is 30.6 Å². The predicted octanol–water partition coefficient (Wildman–Crippen LogP) is 2.17. The van der Waals surface area contributed by atoms with Crippen molar-refractivity contribution in [2.75, 3.05) is 23.0 Å². The fraction of sp³-hybridized carbons (Fsp3) is 0.267. The number of unbranched alkanes of at least 4 members (excludes halogenated alkanes) is 1. The molecule has 1 aromatic carbocycles. The fourth-order valence-corrected chi connectivity index (χ4v) is 1.85. The monoisotopic (exact) mass is 318 g/mol. The van der Waals surface area contributed by atoms with Crippen molar-refractivity contribution in [3.8, 4) is 0 Å². The maximum Gasteiger partial charge on any atom is 0.272 e. The number of amides is 1. The zero-order valence-electron chi connectivity index (χ0n) is 12.8.